The van der Waals surface area contributed by atoms with Crippen LogP contribution in [0.3, 0.4) is 0 Å². The van der Waals surface area contributed by atoms with E-state index in [4.69, 9.17) is 0 Å². The van der Waals surface area contributed by atoms with Gasteiger partial charge in [-0.15, -0.1) is 0 Å². The Morgan fingerprint density at radius 3 is 1.71 bits per heavy atom. The molecule has 0 saturated heterocycles. The minimum absolute atomic E-state index is 0.0710. The fourth-order valence-corrected chi connectivity index (χ4v) is 11.7. The average molecular weight is 563 g/mol. The molecule has 214 valence electrons. The number of benzene rings is 4. The first-order valence-corrected chi connectivity index (χ1v) is 17.2. The number of nitrogens with zero attached hydrogens (tertiary/aromatic N) is 1. The van der Waals surface area contributed by atoms with Crippen molar-refractivity contribution in [2.24, 2.45) is 0 Å². The lowest BCUT2D eigenvalue weighted by molar-refractivity contribution is 0.175. The van der Waals surface area contributed by atoms with Gasteiger partial charge in [0.05, 0.1) is 0 Å². The van der Waals surface area contributed by atoms with E-state index in [1.807, 2.05) is 0 Å². The molecule has 0 aromatic heterocycles. The van der Waals surface area contributed by atoms with E-state index >= 15 is 0 Å². The highest BCUT2D eigenvalue weighted by atomic mass is 28.3. The summed E-state index contributed by atoms with van der Waals surface area (Å²) in [5, 5.41) is 21.2. The molecule has 41 heavy (non-hydrogen) atoms. The maximum atomic E-state index is 12.4. The van der Waals surface area contributed by atoms with Gasteiger partial charge in [0.1, 0.15) is 5.75 Å². The molecule has 2 atom stereocenters. The lowest BCUT2D eigenvalue weighted by Gasteiger charge is -2.38. The molecule has 5 rings (SSSR count). The Hall–Kier alpha value is -3.18. The number of hydrogen-bond donors (Lipinski definition) is 2. The molecule has 4 aromatic carbocycles. The molecule has 0 spiro atoms. The molecular weight excluding hydrogens is 517 g/mol. The standard InChI is InChI=1S/C37H46N2OSi/c1-37(2,3)29-25-28(27-38-33-23-15-16-24-34(33)39(4)5)36(40)35(26-29)41(30-17-9-6-10-18-30,31-19-11-7-12-20-31)32-21-13-8-14-22-32/h6-14,17-22,25-26,33-34,38,40H,15-16,23-24,27H2,1-5H3/t33-,34-/m1/s1. The highest BCUT2D eigenvalue weighted by Gasteiger charge is 2.44. The molecule has 0 bridgehead atoms. The van der Waals surface area contributed by atoms with Crippen LogP contribution in [0.1, 0.15) is 57.6 Å². The van der Waals surface area contributed by atoms with Gasteiger partial charge in [-0.2, -0.15) is 0 Å². The summed E-state index contributed by atoms with van der Waals surface area (Å²) < 4.78 is 0. The van der Waals surface area contributed by atoms with Crippen LogP contribution in [0.15, 0.2) is 103 Å². The van der Waals surface area contributed by atoms with Gasteiger partial charge in [0.25, 0.3) is 0 Å². The van der Waals surface area contributed by atoms with Crippen LogP contribution in [-0.4, -0.2) is 44.3 Å². The van der Waals surface area contributed by atoms with E-state index in [1.165, 1.54) is 46.8 Å². The SMILES string of the molecule is CN(C)[C@@H]1CCCC[C@H]1NCc1cc(C(C)(C)C)cc([Si](c2ccccc2)(c2ccccc2)c2ccccc2)c1O. The van der Waals surface area contributed by atoms with Crippen molar-refractivity contribution in [3.8, 4) is 5.75 Å². The second-order valence-electron chi connectivity index (χ2n) is 12.9. The summed E-state index contributed by atoms with van der Waals surface area (Å²) in [7, 11) is 1.52. The summed E-state index contributed by atoms with van der Waals surface area (Å²) in [6.45, 7) is 7.49. The van der Waals surface area contributed by atoms with Crippen LogP contribution in [0.4, 0.5) is 0 Å². The molecule has 4 aromatic rings. The lowest BCUT2D eigenvalue weighted by Crippen LogP contribution is -2.75. The van der Waals surface area contributed by atoms with Gasteiger partial charge >= 0.3 is 0 Å². The topological polar surface area (TPSA) is 35.5 Å². The van der Waals surface area contributed by atoms with Gasteiger partial charge in [0.15, 0.2) is 8.07 Å². The van der Waals surface area contributed by atoms with Crippen molar-refractivity contribution < 1.29 is 5.11 Å². The second-order valence-corrected chi connectivity index (χ2v) is 16.7. The van der Waals surface area contributed by atoms with Gasteiger partial charge in [-0.1, -0.05) is 137 Å². The number of phenols is 1. The normalized spacial score (nSPS) is 18.0. The molecule has 1 aliphatic carbocycles. The molecule has 0 heterocycles. The molecule has 0 unspecified atom stereocenters. The zero-order chi connectivity index (χ0) is 29.0. The third kappa shape index (κ3) is 5.92. The van der Waals surface area contributed by atoms with Gasteiger partial charge in [0.2, 0.25) is 0 Å². The molecule has 1 fully saturated rings. The maximum Gasteiger partial charge on any atom is 0.183 e. The van der Waals surface area contributed by atoms with E-state index in [-0.39, 0.29) is 5.41 Å². The fraction of sp³-hybridized carbons (Fsp3) is 0.351. The van der Waals surface area contributed by atoms with Gasteiger partial charge in [0, 0.05) is 24.2 Å². The fourth-order valence-electron chi connectivity index (χ4n) is 6.79. The summed E-state index contributed by atoms with van der Waals surface area (Å²) in [6.07, 6.45) is 4.94. The molecule has 2 N–H and O–H groups in total. The highest BCUT2D eigenvalue weighted by Crippen LogP contribution is 2.30. The molecule has 1 aliphatic rings. The molecule has 0 amide bonds. The first kappa shape index (κ1) is 29.3. The van der Waals surface area contributed by atoms with E-state index in [0.717, 1.165) is 10.8 Å². The van der Waals surface area contributed by atoms with Crippen LogP contribution in [-0.2, 0) is 12.0 Å². The van der Waals surface area contributed by atoms with E-state index in [1.54, 1.807) is 0 Å². The van der Waals surface area contributed by atoms with Crippen molar-refractivity contribution in [2.45, 2.75) is 70.5 Å². The van der Waals surface area contributed by atoms with E-state index in [0.29, 0.717) is 24.4 Å². The van der Waals surface area contributed by atoms with Crippen LogP contribution in [0.5, 0.6) is 5.75 Å². The summed E-state index contributed by atoms with van der Waals surface area (Å²) in [6, 6.07) is 38.2. The smallest absolute Gasteiger partial charge is 0.183 e. The Morgan fingerprint density at radius 2 is 1.24 bits per heavy atom. The maximum absolute atomic E-state index is 12.4. The largest absolute Gasteiger partial charge is 0.508 e. The average Bonchev–Trinajstić information content (AvgIpc) is 2.99. The highest BCUT2D eigenvalue weighted by molar-refractivity contribution is 7.20. The van der Waals surface area contributed by atoms with Gasteiger partial charge in [-0.3, -0.25) is 0 Å². The van der Waals surface area contributed by atoms with Crippen LogP contribution in [0, 0.1) is 0 Å². The third-order valence-corrected chi connectivity index (χ3v) is 13.8. The number of aromatic hydroxyl groups is 1. The van der Waals surface area contributed by atoms with Gasteiger partial charge in [-0.05, 0) is 58.7 Å². The van der Waals surface area contributed by atoms with Gasteiger partial charge < -0.3 is 15.3 Å². The van der Waals surface area contributed by atoms with Crippen molar-refractivity contribution in [1.29, 1.82) is 0 Å². The Labute approximate surface area is 248 Å². The predicted molar refractivity (Wildman–Crippen MR) is 177 cm³/mol. The number of nitrogens with one attached hydrogen (secondary N) is 1. The summed E-state index contributed by atoms with van der Waals surface area (Å²) in [5.41, 5.74) is 2.18. The number of hydrogen-bond acceptors (Lipinski definition) is 3. The molecule has 4 heteroatoms. The minimum atomic E-state index is -2.87. The van der Waals surface area contributed by atoms with Crippen LogP contribution in [0.25, 0.3) is 0 Å². The summed E-state index contributed by atoms with van der Waals surface area (Å²) in [4.78, 5) is 2.37. The Bertz CT molecular complexity index is 1320. The predicted octanol–water partition coefficient (Wildman–Crippen LogP) is 5.03. The summed E-state index contributed by atoms with van der Waals surface area (Å²) in [5.74, 6) is 0.436. The Balaban J connectivity index is 1.75. The number of likely N-dealkylation sites (N-methyl/N-ethyl adjacent to an activating group) is 1. The van der Waals surface area contributed by atoms with Crippen molar-refractivity contribution >= 4 is 28.8 Å². The van der Waals surface area contributed by atoms with Crippen LogP contribution >= 0.6 is 0 Å². The Morgan fingerprint density at radius 1 is 0.756 bits per heavy atom. The summed E-state index contributed by atoms with van der Waals surface area (Å²) >= 11 is 0. The Kier molecular flexibility index (Phi) is 8.84. The third-order valence-electron chi connectivity index (χ3n) is 9.03. The van der Waals surface area contributed by atoms with Gasteiger partial charge in [-0.25, -0.2) is 0 Å². The van der Waals surface area contributed by atoms with E-state index in [9.17, 15) is 5.11 Å². The van der Waals surface area contributed by atoms with Crippen molar-refractivity contribution in [3.63, 3.8) is 0 Å². The zero-order valence-electron chi connectivity index (χ0n) is 25.4. The molecule has 0 aliphatic heterocycles. The van der Waals surface area contributed by atoms with Crippen LogP contribution in [0.2, 0.25) is 0 Å². The molecular formula is C37H46N2OSi. The first-order chi connectivity index (χ1) is 19.7. The number of rotatable bonds is 8. The van der Waals surface area contributed by atoms with Crippen molar-refractivity contribution in [1.82, 2.24) is 10.2 Å². The molecule has 3 nitrogen and oxygen atoms in total. The van der Waals surface area contributed by atoms with E-state index < -0.39 is 8.07 Å². The quantitative estimate of drug-likeness (QED) is 0.234. The van der Waals surface area contributed by atoms with Crippen LogP contribution < -0.4 is 26.1 Å². The molecule has 1 saturated carbocycles. The second kappa shape index (κ2) is 12.4. The van der Waals surface area contributed by atoms with Crippen molar-refractivity contribution in [3.05, 3.63) is 114 Å². The minimum Gasteiger partial charge on any atom is -0.508 e. The monoisotopic (exact) mass is 562 g/mol. The first-order valence-electron chi connectivity index (χ1n) is 15.2. The number of phenolic OH excluding ortho intramolecular Hbond substituents is 1. The molecule has 0 radical (unpaired) electrons. The van der Waals surface area contributed by atoms with E-state index in [2.05, 4.69) is 148 Å². The lowest BCUT2D eigenvalue weighted by atomic mass is 9.85. The zero-order valence-corrected chi connectivity index (χ0v) is 26.4. The van der Waals surface area contributed by atoms with Crippen molar-refractivity contribution in [2.75, 3.05) is 14.1 Å².